The maximum absolute atomic E-state index is 12.4. The zero-order valence-electron chi connectivity index (χ0n) is 16.3. The van der Waals surface area contributed by atoms with Gasteiger partial charge in [-0.15, -0.1) is 0 Å². The lowest BCUT2D eigenvalue weighted by Gasteiger charge is -2.07. The highest BCUT2D eigenvalue weighted by Crippen LogP contribution is 2.12. The molecule has 2 aromatic carbocycles. The van der Waals surface area contributed by atoms with E-state index in [2.05, 4.69) is 15.0 Å². The van der Waals surface area contributed by atoms with Crippen molar-refractivity contribution in [1.29, 1.82) is 0 Å². The van der Waals surface area contributed by atoms with E-state index in [1.807, 2.05) is 18.2 Å². The third kappa shape index (κ3) is 5.28. The van der Waals surface area contributed by atoms with Crippen molar-refractivity contribution < 1.29 is 14.3 Å². The van der Waals surface area contributed by atoms with Gasteiger partial charge in [-0.25, -0.2) is 9.78 Å². The molecule has 0 aliphatic carbocycles. The number of methoxy groups -OCH3 is 1. The SMILES string of the molecule is COC(=O)c1ccc(NC(=O)CCCCCn2cnc3ccccc3c2=O)cc1. The molecule has 0 aliphatic rings. The number of para-hydroxylation sites is 1. The number of nitrogens with one attached hydrogen (secondary N) is 1. The molecule has 29 heavy (non-hydrogen) atoms. The highest BCUT2D eigenvalue weighted by Gasteiger charge is 2.07. The number of carbonyl (C=O) groups excluding carboxylic acids is 2. The number of carbonyl (C=O) groups is 2. The fourth-order valence-corrected chi connectivity index (χ4v) is 3.04. The largest absolute Gasteiger partial charge is 0.465 e. The zero-order valence-corrected chi connectivity index (χ0v) is 16.3. The van der Waals surface area contributed by atoms with E-state index in [0.717, 1.165) is 19.3 Å². The number of esters is 1. The molecule has 1 N–H and O–H groups in total. The molecule has 0 unspecified atom stereocenters. The van der Waals surface area contributed by atoms with Crippen LogP contribution in [0.3, 0.4) is 0 Å². The number of nitrogens with zero attached hydrogens (tertiary/aromatic N) is 2. The number of amides is 1. The van der Waals surface area contributed by atoms with Crippen molar-refractivity contribution in [3.63, 3.8) is 0 Å². The van der Waals surface area contributed by atoms with E-state index in [4.69, 9.17) is 0 Å². The average molecular weight is 393 g/mol. The maximum atomic E-state index is 12.4. The molecule has 3 rings (SSSR count). The second-order valence-electron chi connectivity index (χ2n) is 6.69. The van der Waals surface area contributed by atoms with Gasteiger partial charge >= 0.3 is 5.97 Å². The van der Waals surface area contributed by atoms with Crippen LogP contribution in [0.1, 0.15) is 36.0 Å². The van der Waals surface area contributed by atoms with Crippen LogP contribution in [0.15, 0.2) is 59.7 Å². The number of anilines is 1. The predicted octanol–water partition coefficient (Wildman–Crippen LogP) is 3.38. The fraction of sp³-hybridized carbons (Fsp3) is 0.273. The van der Waals surface area contributed by atoms with Crippen molar-refractivity contribution >= 4 is 28.5 Å². The minimum atomic E-state index is -0.413. The summed E-state index contributed by atoms with van der Waals surface area (Å²) in [4.78, 5) is 40.2. The number of hydrogen-bond acceptors (Lipinski definition) is 5. The van der Waals surface area contributed by atoms with Crippen LogP contribution in [0.4, 0.5) is 5.69 Å². The molecule has 7 heteroatoms. The first-order chi connectivity index (χ1) is 14.1. The second kappa shape index (κ2) is 9.64. The first-order valence-corrected chi connectivity index (χ1v) is 9.51. The van der Waals surface area contributed by atoms with Crippen molar-refractivity contribution in [2.45, 2.75) is 32.2 Å². The molecule has 0 aliphatic heterocycles. The van der Waals surface area contributed by atoms with E-state index in [0.29, 0.717) is 35.1 Å². The Balaban J connectivity index is 1.41. The number of unbranched alkanes of at least 4 members (excludes halogenated alkanes) is 2. The summed E-state index contributed by atoms with van der Waals surface area (Å²) in [6.45, 7) is 0.577. The van der Waals surface area contributed by atoms with E-state index in [9.17, 15) is 14.4 Å². The average Bonchev–Trinajstić information content (AvgIpc) is 2.75. The Morgan fingerprint density at radius 2 is 1.79 bits per heavy atom. The summed E-state index contributed by atoms with van der Waals surface area (Å²) >= 11 is 0. The Hall–Kier alpha value is -3.48. The number of rotatable bonds is 8. The Labute approximate surface area is 168 Å². The van der Waals surface area contributed by atoms with E-state index < -0.39 is 5.97 Å². The molecule has 0 bridgehead atoms. The maximum Gasteiger partial charge on any atom is 0.337 e. The van der Waals surface area contributed by atoms with E-state index >= 15 is 0 Å². The summed E-state index contributed by atoms with van der Waals surface area (Å²) in [5.74, 6) is -0.496. The number of fused-ring (bicyclic) bond motifs is 1. The molecule has 0 atom stereocenters. The molecular weight excluding hydrogens is 370 g/mol. The van der Waals surface area contributed by atoms with E-state index in [1.54, 1.807) is 41.2 Å². The van der Waals surface area contributed by atoms with Crippen LogP contribution in [0.5, 0.6) is 0 Å². The molecular formula is C22H23N3O4. The topological polar surface area (TPSA) is 90.3 Å². The molecule has 7 nitrogen and oxygen atoms in total. The Bertz CT molecular complexity index is 1060. The van der Waals surface area contributed by atoms with Gasteiger partial charge in [-0.05, 0) is 49.2 Å². The highest BCUT2D eigenvalue weighted by molar-refractivity contribution is 5.93. The monoisotopic (exact) mass is 393 g/mol. The summed E-state index contributed by atoms with van der Waals surface area (Å²) in [6.07, 6.45) is 4.32. The van der Waals surface area contributed by atoms with Crippen molar-refractivity contribution in [2.24, 2.45) is 0 Å². The number of aryl methyl sites for hydroxylation is 1. The highest BCUT2D eigenvalue weighted by atomic mass is 16.5. The lowest BCUT2D eigenvalue weighted by molar-refractivity contribution is -0.116. The minimum Gasteiger partial charge on any atom is -0.465 e. The van der Waals surface area contributed by atoms with Gasteiger partial charge in [0.05, 0.1) is 29.9 Å². The lowest BCUT2D eigenvalue weighted by Crippen LogP contribution is -2.20. The fourth-order valence-electron chi connectivity index (χ4n) is 3.04. The summed E-state index contributed by atoms with van der Waals surface area (Å²) in [5, 5.41) is 3.43. The number of benzene rings is 2. The molecule has 0 spiro atoms. The standard InChI is InChI=1S/C22H23N3O4/c1-29-22(28)16-10-12-17(13-11-16)24-20(26)9-3-2-6-14-25-15-23-19-8-5-4-7-18(19)21(25)27/h4-5,7-8,10-13,15H,2-3,6,9,14H2,1H3,(H,24,26). The predicted molar refractivity (Wildman–Crippen MR) is 111 cm³/mol. The zero-order chi connectivity index (χ0) is 20.6. The lowest BCUT2D eigenvalue weighted by atomic mass is 10.1. The van der Waals surface area contributed by atoms with Crippen LogP contribution in [0.25, 0.3) is 10.9 Å². The molecule has 3 aromatic rings. The molecule has 0 fully saturated rings. The Kier molecular flexibility index (Phi) is 6.73. The normalized spacial score (nSPS) is 10.7. The molecule has 1 amide bonds. The van der Waals surface area contributed by atoms with Crippen LogP contribution < -0.4 is 10.9 Å². The third-order valence-electron chi connectivity index (χ3n) is 4.62. The first kappa shape index (κ1) is 20.3. The van der Waals surface area contributed by atoms with Crippen LogP contribution in [0, 0.1) is 0 Å². The van der Waals surface area contributed by atoms with Crippen LogP contribution in [-0.4, -0.2) is 28.5 Å². The summed E-state index contributed by atoms with van der Waals surface area (Å²) in [6, 6.07) is 13.8. The summed E-state index contributed by atoms with van der Waals surface area (Å²) in [5.41, 5.74) is 1.73. The quantitative estimate of drug-likeness (QED) is 0.468. The van der Waals surface area contributed by atoms with E-state index in [-0.39, 0.29) is 11.5 Å². The van der Waals surface area contributed by atoms with Crippen LogP contribution in [0.2, 0.25) is 0 Å². The number of hydrogen-bond donors (Lipinski definition) is 1. The molecule has 0 radical (unpaired) electrons. The number of ether oxygens (including phenoxy) is 1. The molecule has 1 aromatic heterocycles. The molecule has 0 saturated heterocycles. The Morgan fingerprint density at radius 3 is 2.55 bits per heavy atom. The van der Waals surface area contributed by atoms with Gasteiger partial charge in [0, 0.05) is 18.7 Å². The molecule has 0 saturated carbocycles. The van der Waals surface area contributed by atoms with Gasteiger partial charge in [0.2, 0.25) is 5.91 Å². The molecule has 1 heterocycles. The van der Waals surface area contributed by atoms with Gasteiger partial charge in [-0.2, -0.15) is 0 Å². The van der Waals surface area contributed by atoms with Crippen molar-refractivity contribution in [3.8, 4) is 0 Å². The van der Waals surface area contributed by atoms with Gasteiger partial charge < -0.3 is 10.1 Å². The van der Waals surface area contributed by atoms with Gasteiger partial charge in [0.1, 0.15) is 0 Å². The summed E-state index contributed by atoms with van der Waals surface area (Å²) < 4.78 is 6.26. The second-order valence-corrected chi connectivity index (χ2v) is 6.69. The van der Waals surface area contributed by atoms with Crippen molar-refractivity contribution in [2.75, 3.05) is 12.4 Å². The molecule has 150 valence electrons. The van der Waals surface area contributed by atoms with Gasteiger partial charge in [-0.3, -0.25) is 14.2 Å². The third-order valence-corrected chi connectivity index (χ3v) is 4.62. The number of aromatic nitrogens is 2. The summed E-state index contributed by atoms with van der Waals surface area (Å²) in [7, 11) is 1.32. The Morgan fingerprint density at radius 1 is 1.03 bits per heavy atom. The van der Waals surface area contributed by atoms with Gasteiger partial charge in [0.25, 0.3) is 5.56 Å². The minimum absolute atomic E-state index is 0.0382. The van der Waals surface area contributed by atoms with Gasteiger partial charge in [0.15, 0.2) is 0 Å². The van der Waals surface area contributed by atoms with Crippen LogP contribution in [-0.2, 0) is 16.1 Å². The smallest absolute Gasteiger partial charge is 0.337 e. The van der Waals surface area contributed by atoms with Crippen molar-refractivity contribution in [1.82, 2.24) is 9.55 Å². The van der Waals surface area contributed by atoms with Crippen molar-refractivity contribution in [3.05, 3.63) is 70.8 Å². The van der Waals surface area contributed by atoms with Crippen LogP contribution >= 0.6 is 0 Å². The van der Waals surface area contributed by atoms with Gasteiger partial charge in [-0.1, -0.05) is 18.6 Å². The first-order valence-electron chi connectivity index (χ1n) is 9.51. The van der Waals surface area contributed by atoms with E-state index in [1.165, 1.54) is 7.11 Å².